The summed E-state index contributed by atoms with van der Waals surface area (Å²) in [4.78, 5) is 9.83. The molecule has 4 aromatic rings. The molecule has 0 aliphatic heterocycles. The Labute approximate surface area is 170 Å². The summed E-state index contributed by atoms with van der Waals surface area (Å²) in [6.45, 7) is 2.83. The number of fused-ring (bicyclic) bond motifs is 1. The lowest BCUT2D eigenvalue weighted by Crippen LogP contribution is -2.10. The van der Waals surface area contributed by atoms with Crippen LogP contribution in [0.1, 0.15) is 16.8 Å². The number of nitrogens with one attached hydrogen (secondary N) is 2. The Hall–Kier alpha value is -3.62. The lowest BCUT2D eigenvalue weighted by molar-refractivity contribution is 0.402. The summed E-state index contributed by atoms with van der Waals surface area (Å²) in [5.74, 6) is 0. The highest BCUT2D eigenvalue weighted by Gasteiger charge is 2.16. The average molecular weight is 381 g/mol. The number of hydrogen-bond donors (Lipinski definition) is 2. The molecule has 0 amide bonds. The van der Waals surface area contributed by atoms with Crippen molar-refractivity contribution >= 4 is 22.3 Å². The number of nitrogens with zero attached hydrogens (tertiary/aromatic N) is 3. The first-order valence-corrected chi connectivity index (χ1v) is 9.53. The van der Waals surface area contributed by atoms with E-state index in [4.69, 9.17) is 0 Å². The third kappa shape index (κ3) is 3.84. The maximum absolute atomic E-state index is 9.73. The van der Waals surface area contributed by atoms with E-state index in [0.717, 1.165) is 45.6 Å². The highest BCUT2D eigenvalue weighted by atomic mass is 15.0. The van der Waals surface area contributed by atoms with E-state index in [2.05, 4.69) is 70.7 Å². The van der Waals surface area contributed by atoms with Crippen LogP contribution in [0, 0.1) is 18.3 Å². The van der Waals surface area contributed by atoms with Crippen LogP contribution in [0.3, 0.4) is 0 Å². The molecular weight excluding hydrogens is 358 g/mol. The predicted molar refractivity (Wildman–Crippen MR) is 118 cm³/mol. The Morgan fingerprint density at radius 1 is 1.14 bits per heavy atom. The molecule has 0 saturated heterocycles. The molecule has 2 N–H and O–H groups in total. The van der Waals surface area contributed by atoms with Crippen molar-refractivity contribution < 1.29 is 0 Å². The van der Waals surface area contributed by atoms with Gasteiger partial charge < -0.3 is 15.2 Å². The minimum absolute atomic E-state index is 0.526. The van der Waals surface area contributed by atoms with E-state index >= 15 is 0 Å². The van der Waals surface area contributed by atoms with Crippen molar-refractivity contribution in [2.45, 2.75) is 13.5 Å². The second-order valence-electron chi connectivity index (χ2n) is 7.46. The number of anilines is 2. The fourth-order valence-corrected chi connectivity index (χ4v) is 3.64. The van der Waals surface area contributed by atoms with Gasteiger partial charge in [0.1, 0.15) is 6.07 Å². The van der Waals surface area contributed by atoms with Gasteiger partial charge in [0.15, 0.2) is 0 Å². The number of aromatic amines is 1. The van der Waals surface area contributed by atoms with Gasteiger partial charge in [-0.05, 0) is 62.5 Å². The molecule has 2 aromatic heterocycles. The molecule has 0 spiro atoms. The summed E-state index contributed by atoms with van der Waals surface area (Å²) in [5.41, 5.74) is 7.44. The standard InChI is InChI=1S/C24H23N5/c1-16-23(19-6-4-5-17(11-19)15-29(2)3)24(20(13-25)14-27-16)28-21-7-8-22-18(12-21)9-10-26-22/h4-12,14,26H,15H2,1-3H3,(H,27,28). The van der Waals surface area contributed by atoms with Crippen molar-refractivity contribution in [2.75, 3.05) is 19.4 Å². The van der Waals surface area contributed by atoms with Crippen LogP contribution in [-0.4, -0.2) is 29.0 Å². The molecule has 0 aliphatic carbocycles. The second-order valence-corrected chi connectivity index (χ2v) is 7.46. The van der Waals surface area contributed by atoms with Crippen LogP contribution in [0.5, 0.6) is 0 Å². The molecule has 2 heterocycles. The molecule has 0 saturated carbocycles. The Kier molecular flexibility index (Phi) is 5.03. The first-order chi connectivity index (χ1) is 14.0. The third-order valence-corrected chi connectivity index (χ3v) is 4.93. The number of nitriles is 1. The van der Waals surface area contributed by atoms with Gasteiger partial charge in [-0.2, -0.15) is 5.26 Å². The van der Waals surface area contributed by atoms with E-state index in [0.29, 0.717) is 5.56 Å². The molecule has 29 heavy (non-hydrogen) atoms. The quantitative estimate of drug-likeness (QED) is 0.498. The summed E-state index contributed by atoms with van der Waals surface area (Å²) in [6, 6.07) is 18.9. The molecule has 0 radical (unpaired) electrons. The van der Waals surface area contributed by atoms with Crippen molar-refractivity contribution in [3.05, 3.63) is 77.7 Å². The van der Waals surface area contributed by atoms with Crippen LogP contribution in [0.15, 0.2) is 60.9 Å². The van der Waals surface area contributed by atoms with Gasteiger partial charge in [-0.3, -0.25) is 4.98 Å². The number of H-pyrrole nitrogens is 1. The van der Waals surface area contributed by atoms with Crippen molar-refractivity contribution in [3.63, 3.8) is 0 Å². The Balaban J connectivity index is 1.83. The first kappa shape index (κ1) is 18.7. The molecule has 4 rings (SSSR count). The number of aromatic nitrogens is 2. The van der Waals surface area contributed by atoms with Crippen LogP contribution < -0.4 is 5.32 Å². The summed E-state index contributed by atoms with van der Waals surface area (Å²) >= 11 is 0. The molecule has 5 heteroatoms. The minimum Gasteiger partial charge on any atom is -0.361 e. The van der Waals surface area contributed by atoms with Crippen molar-refractivity contribution in [2.24, 2.45) is 0 Å². The number of pyridine rings is 1. The van der Waals surface area contributed by atoms with E-state index in [1.54, 1.807) is 6.20 Å². The number of aryl methyl sites for hydroxylation is 1. The molecule has 144 valence electrons. The highest BCUT2D eigenvalue weighted by molar-refractivity contribution is 5.89. The van der Waals surface area contributed by atoms with Gasteiger partial charge in [-0.25, -0.2) is 0 Å². The van der Waals surface area contributed by atoms with E-state index in [9.17, 15) is 5.26 Å². The lowest BCUT2D eigenvalue weighted by atomic mass is 9.97. The van der Waals surface area contributed by atoms with Gasteiger partial charge in [0, 0.05) is 46.8 Å². The topological polar surface area (TPSA) is 67.7 Å². The van der Waals surface area contributed by atoms with E-state index in [-0.39, 0.29) is 0 Å². The second kappa shape index (κ2) is 7.78. The zero-order chi connectivity index (χ0) is 20.4. The first-order valence-electron chi connectivity index (χ1n) is 9.53. The van der Waals surface area contributed by atoms with Crippen molar-refractivity contribution in [3.8, 4) is 17.2 Å². The predicted octanol–water partition coefficient (Wildman–Crippen LogP) is 5.22. The van der Waals surface area contributed by atoms with Crippen LogP contribution >= 0.6 is 0 Å². The highest BCUT2D eigenvalue weighted by Crippen LogP contribution is 2.36. The van der Waals surface area contributed by atoms with E-state index in [1.165, 1.54) is 5.56 Å². The number of rotatable bonds is 5. The molecule has 0 bridgehead atoms. The summed E-state index contributed by atoms with van der Waals surface area (Å²) in [7, 11) is 4.11. The monoisotopic (exact) mass is 381 g/mol. The zero-order valence-electron chi connectivity index (χ0n) is 16.8. The SMILES string of the molecule is Cc1ncc(C#N)c(Nc2ccc3[nH]ccc3c2)c1-c1cccc(CN(C)C)c1. The smallest absolute Gasteiger partial charge is 0.103 e. The van der Waals surface area contributed by atoms with E-state index in [1.807, 2.05) is 31.3 Å². The fourth-order valence-electron chi connectivity index (χ4n) is 3.64. The van der Waals surface area contributed by atoms with Gasteiger partial charge in [0.2, 0.25) is 0 Å². The van der Waals surface area contributed by atoms with Crippen LogP contribution in [-0.2, 0) is 6.54 Å². The van der Waals surface area contributed by atoms with Gasteiger partial charge >= 0.3 is 0 Å². The molecule has 0 unspecified atom stereocenters. The normalized spacial score (nSPS) is 11.0. The van der Waals surface area contributed by atoms with Gasteiger partial charge in [-0.1, -0.05) is 18.2 Å². The third-order valence-electron chi connectivity index (χ3n) is 4.93. The van der Waals surface area contributed by atoms with E-state index < -0.39 is 0 Å². The Bertz CT molecular complexity index is 1210. The molecule has 0 aliphatic rings. The largest absolute Gasteiger partial charge is 0.361 e. The van der Waals surface area contributed by atoms with Crippen LogP contribution in [0.2, 0.25) is 0 Å². The van der Waals surface area contributed by atoms with Crippen LogP contribution in [0.4, 0.5) is 11.4 Å². The van der Waals surface area contributed by atoms with Crippen molar-refractivity contribution in [1.82, 2.24) is 14.9 Å². The Morgan fingerprint density at radius 3 is 2.79 bits per heavy atom. The summed E-state index contributed by atoms with van der Waals surface area (Å²) in [5, 5.41) is 14.3. The molecule has 5 nitrogen and oxygen atoms in total. The summed E-state index contributed by atoms with van der Waals surface area (Å²) < 4.78 is 0. The van der Waals surface area contributed by atoms with Gasteiger partial charge in [-0.15, -0.1) is 0 Å². The zero-order valence-corrected chi connectivity index (χ0v) is 16.8. The Morgan fingerprint density at radius 2 is 2.00 bits per heavy atom. The van der Waals surface area contributed by atoms with Gasteiger partial charge in [0.25, 0.3) is 0 Å². The average Bonchev–Trinajstić information content (AvgIpc) is 3.16. The molecular formula is C24H23N5. The van der Waals surface area contributed by atoms with Crippen molar-refractivity contribution in [1.29, 1.82) is 5.26 Å². The lowest BCUT2D eigenvalue weighted by Gasteiger charge is -2.17. The summed E-state index contributed by atoms with van der Waals surface area (Å²) in [6.07, 6.45) is 3.56. The molecule has 0 fully saturated rings. The number of hydrogen-bond acceptors (Lipinski definition) is 4. The molecule has 0 atom stereocenters. The van der Waals surface area contributed by atoms with Gasteiger partial charge in [0.05, 0.1) is 11.3 Å². The van der Waals surface area contributed by atoms with Crippen LogP contribution in [0.25, 0.3) is 22.0 Å². The molecule has 2 aromatic carbocycles. The fraction of sp³-hybridized carbons (Fsp3) is 0.167. The maximum Gasteiger partial charge on any atom is 0.103 e. The number of benzene rings is 2. The maximum atomic E-state index is 9.73. The minimum atomic E-state index is 0.526.